The van der Waals surface area contributed by atoms with Crippen LogP contribution in [0.15, 0.2) is 30.3 Å². The number of anilines is 2. The maximum atomic E-state index is 5.65. The zero-order valence-corrected chi connectivity index (χ0v) is 7.41. The first kappa shape index (κ1) is 7.86. The molecule has 66 valence electrons. The molecule has 3 N–H and O–H groups in total. The minimum Gasteiger partial charge on any atom is -0.399 e. The van der Waals surface area contributed by atoms with E-state index >= 15 is 0 Å². The number of benzene rings is 1. The Labute approximate surface area is 76.6 Å². The zero-order chi connectivity index (χ0) is 9.26. The van der Waals surface area contributed by atoms with Crippen LogP contribution in [0.3, 0.4) is 0 Å². The third-order valence-corrected chi connectivity index (χ3v) is 1.97. The molecule has 2 aromatic rings. The van der Waals surface area contributed by atoms with E-state index in [9.17, 15) is 0 Å². The van der Waals surface area contributed by atoms with Gasteiger partial charge in [0.05, 0.1) is 5.52 Å². The summed E-state index contributed by atoms with van der Waals surface area (Å²) in [7, 11) is 1.85. The highest BCUT2D eigenvalue weighted by atomic mass is 15.0. The molecule has 0 unspecified atom stereocenters. The van der Waals surface area contributed by atoms with Crippen LogP contribution in [-0.2, 0) is 0 Å². The van der Waals surface area contributed by atoms with E-state index in [1.54, 1.807) is 0 Å². The molecule has 1 heterocycles. The quantitative estimate of drug-likeness (QED) is 0.647. The van der Waals surface area contributed by atoms with Crippen molar-refractivity contribution in [1.29, 1.82) is 0 Å². The van der Waals surface area contributed by atoms with Crippen LogP contribution in [0, 0.1) is 0 Å². The van der Waals surface area contributed by atoms with Gasteiger partial charge in [0.25, 0.3) is 0 Å². The van der Waals surface area contributed by atoms with Crippen molar-refractivity contribution in [3.63, 3.8) is 0 Å². The van der Waals surface area contributed by atoms with E-state index < -0.39 is 0 Å². The number of hydrogen-bond donors (Lipinski definition) is 2. The van der Waals surface area contributed by atoms with Crippen LogP contribution < -0.4 is 11.1 Å². The monoisotopic (exact) mass is 173 g/mol. The highest BCUT2D eigenvalue weighted by Gasteiger charge is 1.96. The lowest BCUT2D eigenvalue weighted by Crippen LogP contribution is -1.92. The van der Waals surface area contributed by atoms with Gasteiger partial charge in [-0.25, -0.2) is 4.98 Å². The maximum Gasteiger partial charge on any atom is 0.126 e. The van der Waals surface area contributed by atoms with Crippen LogP contribution in [-0.4, -0.2) is 12.0 Å². The summed E-state index contributed by atoms with van der Waals surface area (Å²) in [6.07, 6.45) is 0. The number of aromatic nitrogens is 1. The molecule has 0 amide bonds. The van der Waals surface area contributed by atoms with Crippen molar-refractivity contribution < 1.29 is 0 Å². The first-order valence-electron chi connectivity index (χ1n) is 4.13. The Morgan fingerprint density at radius 3 is 2.85 bits per heavy atom. The fourth-order valence-electron chi connectivity index (χ4n) is 1.28. The number of nitrogens with one attached hydrogen (secondary N) is 1. The Bertz CT molecular complexity index is 437. The molecule has 0 fully saturated rings. The molecular formula is C10H11N3. The number of nitrogen functional groups attached to an aromatic ring is 1. The highest BCUT2D eigenvalue weighted by molar-refractivity contribution is 5.83. The molecule has 13 heavy (non-hydrogen) atoms. The molecule has 3 heteroatoms. The summed E-state index contributed by atoms with van der Waals surface area (Å²) < 4.78 is 0. The molecule has 0 saturated heterocycles. The molecule has 3 nitrogen and oxygen atoms in total. The average Bonchev–Trinajstić information content (AvgIpc) is 2.17. The van der Waals surface area contributed by atoms with Gasteiger partial charge in [0, 0.05) is 18.1 Å². The molecule has 1 aromatic heterocycles. The number of nitrogens with zero attached hydrogens (tertiary/aromatic N) is 1. The van der Waals surface area contributed by atoms with E-state index in [4.69, 9.17) is 5.73 Å². The van der Waals surface area contributed by atoms with Crippen molar-refractivity contribution in [2.24, 2.45) is 0 Å². The molecule has 0 spiro atoms. The van der Waals surface area contributed by atoms with Crippen molar-refractivity contribution in [3.05, 3.63) is 30.3 Å². The minimum absolute atomic E-state index is 0.770. The summed E-state index contributed by atoms with van der Waals surface area (Å²) >= 11 is 0. The molecule has 0 aliphatic carbocycles. The number of rotatable bonds is 1. The van der Waals surface area contributed by atoms with Crippen molar-refractivity contribution >= 4 is 22.4 Å². The summed E-state index contributed by atoms with van der Waals surface area (Å²) in [6.45, 7) is 0. The number of hydrogen-bond acceptors (Lipinski definition) is 3. The summed E-state index contributed by atoms with van der Waals surface area (Å²) in [6, 6.07) is 9.63. The summed E-state index contributed by atoms with van der Waals surface area (Å²) in [5.41, 5.74) is 7.38. The topological polar surface area (TPSA) is 50.9 Å². The van der Waals surface area contributed by atoms with Gasteiger partial charge in [-0.3, -0.25) is 0 Å². The summed E-state index contributed by atoms with van der Waals surface area (Å²) in [4.78, 5) is 4.37. The fraction of sp³-hybridized carbons (Fsp3) is 0.100. The second-order valence-electron chi connectivity index (χ2n) is 2.90. The van der Waals surface area contributed by atoms with Crippen molar-refractivity contribution in [2.75, 3.05) is 18.1 Å². The second kappa shape index (κ2) is 2.94. The van der Waals surface area contributed by atoms with Gasteiger partial charge < -0.3 is 11.1 Å². The number of nitrogens with two attached hydrogens (primary N) is 1. The Hall–Kier alpha value is -1.77. The Morgan fingerprint density at radius 1 is 1.23 bits per heavy atom. The van der Waals surface area contributed by atoms with Gasteiger partial charge >= 0.3 is 0 Å². The molecule has 0 saturated carbocycles. The minimum atomic E-state index is 0.770. The fourth-order valence-corrected chi connectivity index (χ4v) is 1.28. The predicted octanol–water partition coefficient (Wildman–Crippen LogP) is 1.86. The van der Waals surface area contributed by atoms with Crippen LogP contribution in [0.2, 0.25) is 0 Å². The second-order valence-corrected chi connectivity index (χ2v) is 2.90. The van der Waals surface area contributed by atoms with Gasteiger partial charge in [-0.2, -0.15) is 0 Å². The van der Waals surface area contributed by atoms with Crippen LogP contribution in [0.25, 0.3) is 10.9 Å². The van der Waals surface area contributed by atoms with Crippen LogP contribution >= 0.6 is 0 Å². The van der Waals surface area contributed by atoms with E-state index in [-0.39, 0.29) is 0 Å². The molecular weight excluding hydrogens is 162 g/mol. The van der Waals surface area contributed by atoms with Gasteiger partial charge in [0.2, 0.25) is 0 Å². The predicted molar refractivity (Wildman–Crippen MR) is 55.7 cm³/mol. The summed E-state index contributed by atoms with van der Waals surface area (Å²) in [5.74, 6) is 0.872. The third-order valence-electron chi connectivity index (χ3n) is 1.97. The molecule has 0 aliphatic heterocycles. The smallest absolute Gasteiger partial charge is 0.126 e. The maximum absolute atomic E-state index is 5.65. The average molecular weight is 173 g/mol. The van der Waals surface area contributed by atoms with Gasteiger partial charge in [-0.15, -0.1) is 0 Å². The Kier molecular flexibility index (Phi) is 1.77. The van der Waals surface area contributed by atoms with Gasteiger partial charge in [-0.1, -0.05) is 0 Å². The lowest BCUT2D eigenvalue weighted by atomic mass is 10.2. The summed E-state index contributed by atoms with van der Waals surface area (Å²) in [5, 5.41) is 4.06. The van der Waals surface area contributed by atoms with Gasteiger partial charge in [0.15, 0.2) is 0 Å². The Morgan fingerprint density at radius 2 is 2.08 bits per heavy atom. The molecule has 0 bridgehead atoms. The van der Waals surface area contributed by atoms with Crippen molar-refractivity contribution in [1.82, 2.24) is 4.98 Å². The number of pyridine rings is 1. The van der Waals surface area contributed by atoms with E-state index in [0.29, 0.717) is 0 Å². The molecule has 2 rings (SSSR count). The van der Waals surface area contributed by atoms with Crippen molar-refractivity contribution in [3.8, 4) is 0 Å². The normalized spacial score (nSPS) is 10.2. The first-order valence-corrected chi connectivity index (χ1v) is 4.13. The molecule has 0 aliphatic rings. The van der Waals surface area contributed by atoms with E-state index in [1.165, 1.54) is 0 Å². The van der Waals surface area contributed by atoms with Gasteiger partial charge in [-0.05, 0) is 30.3 Å². The Balaban J connectivity index is 2.66. The zero-order valence-electron chi connectivity index (χ0n) is 7.41. The van der Waals surface area contributed by atoms with Crippen LogP contribution in [0.1, 0.15) is 0 Å². The third kappa shape index (κ3) is 1.40. The lowest BCUT2D eigenvalue weighted by molar-refractivity contribution is 1.34. The SMILES string of the molecule is CNc1ccc2cc(N)ccc2n1. The highest BCUT2D eigenvalue weighted by Crippen LogP contribution is 2.17. The molecule has 1 aromatic carbocycles. The molecule has 0 atom stereocenters. The van der Waals surface area contributed by atoms with E-state index in [2.05, 4.69) is 10.3 Å². The standard InChI is InChI=1S/C10H11N3/c1-12-10-5-2-7-6-8(11)3-4-9(7)13-10/h2-6H,11H2,1H3,(H,12,13). The van der Waals surface area contributed by atoms with Gasteiger partial charge in [0.1, 0.15) is 5.82 Å². The van der Waals surface area contributed by atoms with Crippen LogP contribution in [0.4, 0.5) is 11.5 Å². The lowest BCUT2D eigenvalue weighted by Gasteiger charge is -2.02. The van der Waals surface area contributed by atoms with E-state index in [0.717, 1.165) is 22.4 Å². The van der Waals surface area contributed by atoms with Crippen LogP contribution in [0.5, 0.6) is 0 Å². The largest absolute Gasteiger partial charge is 0.399 e. The molecule has 0 radical (unpaired) electrons. The van der Waals surface area contributed by atoms with Crippen molar-refractivity contribution in [2.45, 2.75) is 0 Å². The first-order chi connectivity index (χ1) is 6.29. The van der Waals surface area contributed by atoms with E-state index in [1.807, 2.05) is 37.4 Å². The number of fused-ring (bicyclic) bond motifs is 1.